The molecular weight excluding hydrogens is 320 g/mol. The molecule has 2 amide bonds. The topological polar surface area (TPSA) is 86.7 Å². The fourth-order valence-electron chi connectivity index (χ4n) is 2.13. The lowest BCUT2D eigenvalue weighted by atomic mass is 10.1. The molecule has 1 rings (SSSR count). The SMILES string of the molecule is CC(=O)NCCN(C(=O)Cc1cccc(C)c1Cl)C(C)C(=O)O. The summed E-state index contributed by atoms with van der Waals surface area (Å²) < 4.78 is 0. The third-order valence-electron chi connectivity index (χ3n) is 3.49. The smallest absolute Gasteiger partial charge is 0.326 e. The first-order valence-electron chi connectivity index (χ1n) is 7.24. The van der Waals surface area contributed by atoms with Crippen LogP contribution in [0.15, 0.2) is 18.2 Å². The Morgan fingerprint density at radius 3 is 2.57 bits per heavy atom. The molecule has 0 radical (unpaired) electrons. The van der Waals surface area contributed by atoms with Crippen molar-refractivity contribution in [2.24, 2.45) is 0 Å². The Morgan fingerprint density at radius 2 is 2.00 bits per heavy atom. The number of nitrogens with one attached hydrogen (secondary N) is 1. The summed E-state index contributed by atoms with van der Waals surface area (Å²) in [5.41, 5.74) is 1.51. The van der Waals surface area contributed by atoms with E-state index < -0.39 is 12.0 Å². The standard InChI is InChI=1S/C16H21ClN2O4/c1-10-5-4-6-13(15(10)17)9-14(21)19(11(2)16(22)23)8-7-18-12(3)20/h4-6,11H,7-9H2,1-3H3,(H,18,20)(H,22,23). The van der Waals surface area contributed by atoms with E-state index in [1.807, 2.05) is 13.0 Å². The second-order valence-electron chi connectivity index (χ2n) is 5.31. The van der Waals surface area contributed by atoms with E-state index in [0.29, 0.717) is 10.6 Å². The average molecular weight is 341 g/mol. The first kappa shape index (κ1) is 19.0. The number of aryl methyl sites for hydroxylation is 1. The summed E-state index contributed by atoms with van der Waals surface area (Å²) >= 11 is 6.19. The summed E-state index contributed by atoms with van der Waals surface area (Å²) in [6, 6.07) is 4.39. The van der Waals surface area contributed by atoms with Crippen LogP contribution in [0.5, 0.6) is 0 Å². The van der Waals surface area contributed by atoms with Crippen LogP contribution in [0.1, 0.15) is 25.0 Å². The molecule has 0 spiro atoms. The van der Waals surface area contributed by atoms with Crippen LogP contribution in [0, 0.1) is 6.92 Å². The highest BCUT2D eigenvalue weighted by molar-refractivity contribution is 6.32. The Bertz CT molecular complexity index is 604. The average Bonchev–Trinajstić information content (AvgIpc) is 2.47. The molecule has 1 aromatic rings. The molecule has 126 valence electrons. The molecule has 0 aromatic heterocycles. The van der Waals surface area contributed by atoms with Gasteiger partial charge in [0.25, 0.3) is 0 Å². The minimum atomic E-state index is -1.10. The normalized spacial score (nSPS) is 11.7. The van der Waals surface area contributed by atoms with Crippen LogP contribution in [0.3, 0.4) is 0 Å². The molecule has 0 aliphatic carbocycles. The highest BCUT2D eigenvalue weighted by Crippen LogP contribution is 2.21. The van der Waals surface area contributed by atoms with Crippen LogP contribution < -0.4 is 5.32 Å². The van der Waals surface area contributed by atoms with Gasteiger partial charge in [-0.1, -0.05) is 29.8 Å². The predicted octanol–water partition coefficient (Wildman–Crippen LogP) is 1.63. The molecule has 0 aliphatic rings. The molecular formula is C16H21ClN2O4. The number of carbonyl (C=O) groups excluding carboxylic acids is 2. The number of amides is 2. The summed E-state index contributed by atoms with van der Waals surface area (Å²) in [4.78, 5) is 35.9. The molecule has 7 heteroatoms. The van der Waals surface area contributed by atoms with Gasteiger partial charge >= 0.3 is 5.97 Å². The van der Waals surface area contributed by atoms with Crippen LogP contribution in [0.2, 0.25) is 5.02 Å². The second-order valence-corrected chi connectivity index (χ2v) is 5.69. The fourth-order valence-corrected chi connectivity index (χ4v) is 2.32. The summed E-state index contributed by atoms with van der Waals surface area (Å²) in [6.45, 7) is 4.95. The number of nitrogens with zero attached hydrogens (tertiary/aromatic N) is 1. The minimum Gasteiger partial charge on any atom is -0.480 e. The molecule has 0 heterocycles. The summed E-state index contributed by atoms with van der Waals surface area (Å²) in [5, 5.41) is 12.2. The van der Waals surface area contributed by atoms with E-state index in [2.05, 4.69) is 5.32 Å². The van der Waals surface area contributed by atoms with Gasteiger partial charge in [0.05, 0.1) is 6.42 Å². The molecule has 2 N–H and O–H groups in total. The fraction of sp³-hybridized carbons (Fsp3) is 0.438. The Morgan fingerprint density at radius 1 is 1.35 bits per heavy atom. The number of rotatable bonds is 7. The van der Waals surface area contributed by atoms with Gasteiger partial charge in [0, 0.05) is 25.0 Å². The minimum absolute atomic E-state index is 0.0121. The van der Waals surface area contributed by atoms with Crippen LogP contribution >= 0.6 is 11.6 Å². The number of halogens is 1. The lowest BCUT2D eigenvalue weighted by Crippen LogP contribution is -2.47. The maximum absolute atomic E-state index is 12.5. The highest BCUT2D eigenvalue weighted by Gasteiger charge is 2.25. The largest absolute Gasteiger partial charge is 0.480 e. The monoisotopic (exact) mass is 340 g/mol. The van der Waals surface area contributed by atoms with Crippen LogP contribution in [-0.2, 0) is 20.8 Å². The van der Waals surface area contributed by atoms with Crippen molar-refractivity contribution >= 4 is 29.4 Å². The lowest BCUT2D eigenvalue weighted by Gasteiger charge is -2.27. The van der Waals surface area contributed by atoms with Crippen molar-refractivity contribution in [1.29, 1.82) is 0 Å². The number of hydrogen-bond acceptors (Lipinski definition) is 3. The van der Waals surface area contributed by atoms with E-state index in [4.69, 9.17) is 16.7 Å². The molecule has 0 aliphatic heterocycles. The van der Waals surface area contributed by atoms with E-state index in [9.17, 15) is 14.4 Å². The molecule has 0 bridgehead atoms. The number of benzene rings is 1. The number of hydrogen-bond donors (Lipinski definition) is 2. The number of carbonyl (C=O) groups is 3. The summed E-state index contributed by atoms with van der Waals surface area (Å²) in [6.07, 6.45) is 0.0121. The Kier molecular flexibility index (Phi) is 7.03. The van der Waals surface area contributed by atoms with Gasteiger partial charge in [-0.15, -0.1) is 0 Å². The van der Waals surface area contributed by atoms with Crippen molar-refractivity contribution in [3.8, 4) is 0 Å². The first-order valence-corrected chi connectivity index (χ1v) is 7.62. The van der Waals surface area contributed by atoms with Crippen LogP contribution in [-0.4, -0.2) is 46.9 Å². The van der Waals surface area contributed by atoms with E-state index in [0.717, 1.165) is 5.56 Å². The van der Waals surface area contributed by atoms with Gasteiger partial charge in [-0.05, 0) is 25.0 Å². The van der Waals surface area contributed by atoms with Gasteiger partial charge in [-0.3, -0.25) is 9.59 Å². The van der Waals surface area contributed by atoms with E-state index in [-0.39, 0.29) is 31.3 Å². The summed E-state index contributed by atoms with van der Waals surface area (Å²) in [5.74, 6) is -1.68. The van der Waals surface area contributed by atoms with Gasteiger partial charge in [-0.25, -0.2) is 4.79 Å². The molecule has 1 unspecified atom stereocenters. The Hall–Kier alpha value is -2.08. The quantitative estimate of drug-likeness (QED) is 0.789. The van der Waals surface area contributed by atoms with Crippen molar-refractivity contribution in [3.63, 3.8) is 0 Å². The van der Waals surface area contributed by atoms with Crippen molar-refractivity contribution in [2.75, 3.05) is 13.1 Å². The van der Waals surface area contributed by atoms with Crippen molar-refractivity contribution in [3.05, 3.63) is 34.3 Å². The van der Waals surface area contributed by atoms with Gasteiger partial charge < -0.3 is 15.3 Å². The molecule has 1 aromatic carbocycles. The Labute approximate surface area is 140 Å². The molecule has 23 heavy (non-hydrogen) atoms. The van der Waals surface area contributed by atoms with E-state index >= 15 is 0 Å². The zero-order chi connectivity index (χ0) is 17.6. The van der Waals surface area contributed by atoms with Gasteiger partial charge in [0.1, 0.15) is 6.04 Å². The Balaban J connectivity index is 2.87. The van der Waals surface area contributed by atoms with Crippen molar-refractivity contribution < 1.29 is 19.5 Å². The van der Waals surface area contributed by atoms with Gasteiger partial charge in [0.15, 0.2) is 0 Å². The zero-order valence-corrected chi connectivity index (χ0v) is 14.2. The maximum Gasteiger partial charge on any atom is 0.326 e. The third kappa shape index (κ3) is 5.56. The van der Waals surface area contributed by atoms with Gasteiger partial charge in [0.2, 0.25) is 11.8 Å². The predicted molar refractivity (Wildman–Crippen MR) is 87.4 cm³/mol. The molecule has 0 saturated carbocycles. The molecule has 6 nitrogen and oxygen atoms in total. The molecule has 0 saturated heterocycles. The van der Waals surface area contributed by atoms with Crippen LogP contribution in [0.4, 0.5) is 0 Å². The third-order valence-corrected chi connectivity index (χ3v) is 4.03. The molecule has 1 atom stereocenters. The highest BCUT2D eigenvalue weighted by atomic mass is 35.5. The van der Waals surface area contributed by atoms with Crippen LogP contribution in [0.25, 0.3) is 0 Å². The second kappa shape index (κ2) is 8.53. The van der Waals surface area contributed by atoms with E-state index in [1.165, 1.54) is 18.7 Å². The lowest BCUT2D eigenvalue weighted by molar-refractivity contribution is -0.149. The van der Waals surface area contributed by atoms with Crippen molar-refractivity contribution in [2.45, 2.75) is 33.2 Å². The van der Waals surface area contributed by atoms with Crippen molar-refractivity contribution in [1.82, 2.24) is 10.2 Å². The zero-order valence-electron chi connectivity index (χ0n) is 13.4. The van der Waals surface area contributed by atoms with Gasteiger partial charge in [-0.2, -0.15) is 0 Å². The number of carboxylic acids is 1. The number of aliphatic carboxylic acids is 1. The first-order chi connectivity index (χ1) is 10.7. The molecule has 0 fully saturated rings. The maximum atomic E-state index is 12.5. The summed E-state index contributed by atoms with van der Waals surface area (Å²) in [7, 11) is 0. The number of carboxylic acid groups (broad SMARTS) is 1. The van der Waals surface area contributed by atoms with E-state index in [1.54, 1.807) is 12.1 Å².